The summed E-state index contributed by atoms with van der Waals surface area (Å²) in [5, 5.41) is 5.54. The number of aromatic nitrogens is 2. The standard InChI is InChI=1S/C35H40N4O2/c1-3-22-39-34(27-17-15-26(16-18-27)12-8-6-4-5-7-11-21-36)37-24-31(35(39)40)38-25(2)28-19-20-33-30(23-28)29-13-9-10-14-32(29)41-33/h3,9-10,13-20,23-25,38H,1,4-8,11-12,21-22,36H2,2H3. The highest BCUT2D eigenvalue weighted by Crippen LogP contribution is 2.31. The van der Waals surface area contributed by atoms with E-state index in [0.717, 1.165) is 52.5 Å². The van der Waals surface area contributed by atoms with E-state index >= 15 is 0 Å². The molecular formula is C35H40N4O2. The van der Waals surface area contributed by atoms with Crippen molar-refractivity contribution in [3.8, 4) is 11.4 Å². The van der Waals surface area contributed by atoms with E-state index in [1.807, 2.05) is 37.3 Å². The number of nitrogens with one attached hydrogen (secondary N) is 1. The fraction of sp³-hybridized carbons (Fsp3) is 0.314. The van der Waals surface area contributed by atoms with Crippen molar-refractivity contribution in [3.63, 3.8) is 0 Å². The van der Waals surface area contributed by atoms with E-state index in [1.54, 1.807) is 16.8 Å². The van der Waals surface area contributed by atoms with Crippen LogP contribution >= 0.6 is 0 Å². The van der Waals surface area contributed by atoms with Gasteiger partial charge in [-0.1, -0.05) is 80.3 Å². The Kier molecular flexibility index (Phi) is 9.32. The third-order valence-electron chi connectivity index (χ3n) is 7.76. The van der Waals surface area contributed by atoms with Crippen LogP contribution in [0.25, 0.3) is 33.3 Å². The molecule has 6 heteroatoms. The highest BCUT2D eigenvalue weighted by molar-refractivity contribution is 6.05. The summed E-state index contributed by atoms with van der Waals surface area (Å²) in [7, 11) is 0. The molecule has 0 saturated heterocycles. The quantitative estimate of drug-likeness (QED) is 0.108. The number of anilines is 1. The number of furan rings is 1. The van der Waals surface area contributed by atoms with Crippen LogP contribution in [0.5, 0.6) is 0 Å². The average Bonchev–Trinajstić information content (AvgIpc) is 3.37. The molecule has 0 saturated carbocycles. The summed E-state index contributed by atoms with van der Waals surface area (Å²) in [6.07, 6.45) is 11.8. The number of hydrogen-bond acceptors (Lipinski definition) is 5. The van der Waals surface area contributed by atoms with Crippen LogP contribution in [0.4, 0.5) is 5.69 Å². The molecule has 0 spiro atoms. The van der Waals surface area contributed by atoms with Gasteiger partial charge >= 0.3 is 0 Å². The minimum atomic E-state index is -0.115. The summed E-state index contributed by atoms with van der Waals surface area (Å²) in [6, 6.07) is 22.5. The Labute approximate surface area is 241 Å². The van der Waals surface area contributed by atoms with E-state index in [4.69, 9.17) is 15.1 Å². The van der Waals surface area contributed by atoms with Crippen molar-refractivity contribution in [2.75, 3.05) is 11.9 Å². The second kappa shape index (κ2) is 13.5. The summed E-state index contributed by atoms with van der Waals surface area (Å²) >= 11 is 0. The van der Waals surface area contributed by atoms with Crippen LogP contribution < -0.4 is 16.6 Å². The predicted octanol–water partition coefficient (Wildman–Crippen LogP) is 8.01. The lowest BCUT2D eigenvalue weighted by molar-refractivity contribution is 0.597. The Balaban J connectivity index is 1.30. The molecule has 5 rings (SSSR count). The zero-order valence-electron chi connectivity index (χ0n) is 23.9. The number of nitrogens with two attached hydrogens (primary N) is 1. The number of unbranched alkanes of at least 4 members (excludes halogenated alkanes) is 5. The van der Waals surface area contributed by atoms with Crippen LogP contribution in [0.1, 0.15) is 62.6 Å². The van der Waals surface area contributed by atoms with Crippen molar-refractivity contribution in [1.29, 1.82) is 0 Å². The lowest BCUT2D eigenvalue weighted by atomic mass is 10.0. The lowest BCUT2D eigenvalue weighted by Crippen LogP contribution is -2.26. The SMILES string of the molecule is C=CCn1c(-c2ccc(CCCCCCCCN)cc2)ncc(NC(C)c2ccc3oc4ccccc4c3c2)c1=O. The Morgan fingerprint density at radius 1 is 0.951 bits per heavy atom. The van der Waals surface area contributed by atoms with E-state index in [0.29, 0.717) is 18.1 Å². The summed E-state index contributed by atoms with van der Waals surface area (Å²) in [5.74, 6) is 0.644. The number of nitrogens with zero attached hydrogens (tertiary/aromatic N) is 2. The number of benzene rings is 3. The van der Waals surface area contributed by atoms with Crippen molar-refractivity contribution in [1.82, 2.24) is 9.55 Å². The second-order valence-corrected chi connectivity index (χ2v) is 10.8. The minimum Gasteiger partial charge on any atom is -0.456 e. The number of para-hydroxylation sites is 1. The van der Waals surface area contributed by atoms with Crippen LogP contribution in [0.2, 0.25) is 0 Å². The van der Waals surface area contributed by atoms with Gasteiger partial charge in [-0.25, -0.2) is 4.98 Å². The second-order valence-electron chi connectivity index (χ2n) is 10.8. The predicted molar refractivity (Wildman–Crippen MR) is 170 cm³/mol. The number of allylic oxidation sites excluding steroid dienone is 1. The molecule has 0 amide bonds. The molecule has 2 heterocycles. The number of rotatable bonds is 14. The van der Waals surface area contributed by atoms with Gasteiger partial charge in [-0.3, -0.25) is 9.36 Å². The van der Waals surface area contributed by atoms with Crippen LogP contribution in [0.15, 0.2) is 94.8 Å². The Hall–Kier alpha value is -4.16. The van der Waals surface area contributed by atoms with Gasteiger partial charge in [0.05, 0.1) is 6.20 Å². The fourth-order valence-corrected chi connectivity index (χ4v) is 5.45. The molecule has 3 aromatic carbocycles. The monoisotopic (exact) mass is 548 g/mol. The Morgan fingerprint density at radius 3 is 2.46 bits per heavy atom. The fourth-order valence-electron chi connectivity index (χ4n) is 5.45. The van der Waals surface area contributed by atoms with Crippen molar-refractivity contribution < 1.29 is 4.42 Å². The summed E-state index contributed by atoms with van der Waals surface area (Å²) in [4.78, 5) is 18.3. The smallest absolute Gasteiger partial charge is 0.277 e. The van der Waals surface area contributed by atoms with Crippen molar-refractivity contribution in [3.05, 3.63) is 107 Å². The molecule has 5 aromatic rings. The maximum absolute atomic E-state index is 13.6. The minimum absolute atomic E-state index is 0.106. The van der Waals surface area contributed by atoms with Crippen molar-refractivity contribution in [2.24, 2.45) is 5.73 Å². The first-order valence-electron chi connectivity index (χ1n) is 14.8. The van der Waals surface area contributed by atoms with Gasteiger partial charge < -0.3 is 15.5 Å². The van der Waals surface area contributed by atoms with Gasteiger partial charge in [0, 0.05) is 28.9 Å². The third-order valence-corrected chi connectivity index (χ3v) is 7.76. The summed E-state index contributed by atoms with van der Waals surface area (Å²) < 4.78 is 7.66. The molecule has 0 aliphatic heterocycles. The number of hydrogen-bond donors (Lipinski definition) is 2. The van der Waals surface area contributed by atoms with Crippen LogP contribution in [-0.4, -0.2) is 16.1 Å². The maximum atomic E-state index is 13.6. The molecule has 0 aliphatic carbocycles. The van der Waals surface area contributed by atoms with Gasteiger partial charge in [0.15, 0.2) is 0 Å². The van der Waals surface area contributed by atoms with Gasteiger partial charge in [-0.05, 0) is 62.1 Å². The first-order valence-corrected chi connectivity index (χ1v) is 14.8. The lowest BCUT2D eigenvalue weighted by Gasteiger charge is -2.18. The van der Waals surface area contributed by atoms with E-state index < -0.39 is 0 Å². The molecule has 0 bridgehead atoms. The molecule has 41 heavy (non-hydrogen) atoms. The molecule has 2 aromatic heterocycles. The van der Waals surface area contributed by atoms with E-state index in [-0.39, 0.29) is 11.6 Å². The average molecular weight is 549 g/mol. The van der Waals surface area contributed by atoms with Crippen molar-refractivity contribution >= 4 is 27.6 Å². The van der Waals surface area contributed by atoms with E-state index in [1.165, 1.54) is 37.7 Å². The van der Waals surface area contributed by atoms with Gasteiger partial charge in [-0.2, -0.15) is 0 Å². The molecule has 0 fully saturated rings. The van der Waals surface area contributed by atoms with Crippen LogP contribution in [0.3, 0.4) is 0 Å². The topological polar surface area (TPSA) is 86.1 Å². The van der Waals surface area contributed by atoms with Gasteiger partial charge in [0.25, 0.3) is 5.56 Å². The Morgan fingerprint density at radius 2 is 1.68 bits per heavy atom. The number of fused-ring (bicyclic) bond motifs is 3. The molecule has 6 nitrogen and oxygen atoms in total. The summed E-state index contributed by atoms with van der Waals surface area (Å²) in [6.45, 7) is 7.10. The molecule has 0 radical (unpaired) electrons. The largest absolute Gasteiger partial charge is 0.456 e. The van der Waals surface area contributed by atoms with E-state index in [9.17, 15) is 4.79 Å². The molecule has 1 unspecified atom stereocenters. The first kappa shape index (κ1) is 28.4. The zero-order valence-corrected chi connectivity index (χ0v) is 23.9. The van der Waals surface area contributed by atoms with Crippen LogP contribution in [0, 0.1) is 0 Å². The van der Waals surface area contributed by atoms with Gasteiger partial charge in [0.2, 0.25) is 0 Å². The molecule has 0 aliphatic rings. The highest BCUT2D eigenvalue weighted by Gasteiger charge is 2.16. The zero-order chi connectivity index (χ0) is 28.6. The first-order chi connectivity index (χ1) is 20.1. The molecule has 1 atom stereocenters. The highest BCUT2D eigenvalue weighted by atomic mass is 16.3. The van der Waals surface area contributed by atoms with Crippen molar-refractivity contribution in [2.45, 2.75) is 64.5 Å². The van der Waals surface area contributed by atoms with Gasteiger partial charge in [0.1, 0.15) is 22.7 Å². The normalized spacial score (nSPS) is 12.1. The molecule has 3 N–H and O–H groups in total. The summed E-state index contributed by atoms with van der Waals surface area (Å²) in [5.41, 5.74) is 10.9. The van der Waals surface area contributed by atoms with Crippen LogP contribution in [-0.2, 0) is 13.0 Å². The number of aryl methyl sites for hydroxylation is 1. The molecular weight excluding hydrogens is 508 g/mol. The third kappa shape index (κ3) is 6.60. The maximum Gasteiger partial charge on any atom is 0.277 e. The Bertz CT molecular complexity index is 1670. The van der Waals surface area contributed by atoms with E-state index in [2.05, 4.69) is 48.3 Å². The van der Waals surface area contributed by atoms with Gasteiger partial charge in [-0.15, -0.1) is 6.58 Å². The molecule has 212 valence electrons.